The highest BCUT2D eigenvalue weighted by molar-refractivity contribution is 6.64. The molecule has 2 heterocycles. The summed E-state index contributed by atoms with van der Waals surface area (Å²) in [6.07, 6.45) is 3.42. The Kier molecular flexibility index (Phi) is 2.68. The molecule has 0 bridgehead atoms. The van der Waals surface area contributed by atoms with E-state index in [2.05, 4.69) is 4.98 Å². The normalized spacial score (nSPS) is 20.7. The Bertz CT molecular complexity index is 394. The maximum absolute atomic E-state index is 11.6. The zero-order valence-corrected chi connectivity index (χ0v) is 8.65. The highest BCUT2D eigenvalue weighted by Crippen LogP contribution is 2.25. The third-order valence-corrected chi connectivity index (χ3v) is 2.71. The Morgan fingerprint density at radius 2 is 2.40 bits per heavy atom. The second-order valence-electron chi connectivity index (χ2n) is 3.42. The molecule has 0 N–H and O–H groups in total. The molecule has 1 fully saturated rings. The van der Waals surface area contributed by atoms with Gasteiger partial charge in [0.25, 0.3) is 0 Å². The Balaban J connectivity index is 2.19. The van der Waals surface area contributed by atoms with Crippen LogP contribution in [0.25, 0.3) is 0 Å². The monoisotopic (exact) mass is 224 g/mol. The molecule has 1 atom stereocenters. The molecule has 0 saturated carbocycles. The molecular formula is C10H9ClN2O2. The third kappa shape index (κ3) is 1.99. The fourth-order valence-corrected chi connectivity index (χ4v) is 1.77. The fourth-order valence-electron chi connectivity index (χ4n) is 1.62. The van der Waals surface area contributed by atoms with Gasteiger partial charge in [-0.05, 0) is 23.7 Å². The van der Waals surface area contributed by atoms with Gasteiger partial charge < -0.3 is 4.90 Å². The molecule has 1 aromatic rings. The third-order valence-electron chi connectivity index (χ3n) is 2.40. The van der Waals surface area contributed by atoms with Crippen LogP contribution in [0.15, 0.2) is 24.5 Å². The minimum atomic E-state index is -0.449. The van der Waals surface area contributed by atoms with E-state index in [1.54, 1.807) is 24.5 Å². The van der Waals surface area contributed by atoms with Gasteiger partial charge in [0.1, 0.15) is 0 Å². The van der Waals surface area contributed by atoms with E-state index < -0.39 is 5.24 Å². The van der Waals surface area contributed by atoms with E-state index in [1.807, 2.05) is 0 Å². The summed E-state index contributed by atoms with van der Waals surface area (Å²) in [6, 6.07) is 3.53. The van der Waals surface area contributed by atoms with Crippen LogP contribution < -0.4 is 4.90 Å². The Morgan fingerprint density at radius 3 is 2.93 bits per heavy atom. The number of nitrogens with zero attached hydrogens (tertiary/aromatic N) is 2. The van der Waals surface area contributed by atoms with Gasteiger partial charge in [-0.25, -0.2) is 0 Å². The van der Waals surface area contributed by atoms with Crippen molar-refractivity contribution in [3.05, 3.63) is 24.5 Å². The predicted octanol–water partition coefficient (Wildman–Crippen LogP) is 1.20. The van der Waals surface area contributed by atoms with Gasteiger partial charge in [-0.1, -0.05) is 0 Å². The second kappa shape index (κ2) is 3.98. The van der Waals surface area contributed by atoms with Crippen LogP contribution >= 0.6 is 11.6 Å². The molecule has 2 rings (SSSR count). The van der Waals surface area contributed by atoms with Gasteiger partial charge in [-0.15, -0.1) is 0 Å². The molecule has 0 aromatic carbocycles. The van der Waals surface area contributed by atoms with Crippen molar-refractivity contribution in [3.63, 3.8) is 0 Å². The first kappa shape index (κ1) is 10.1. The SMILES string of the molecule is O=C(Cl)C1CC(=O)N(c2cccnc2)C1. The largest absolute Gasteiger partial charge is 0.310 e. The summed E-state index contributed by atoms with van der Waals surface area (Å²) in [4.78, 5) is 28.0. The van der Waals surface area contributed by atoms with Crippen LogP contribution in [-0.2, 0) is 9.59 Å². The number of carbonyl (C=O) groups excluding carboxylic acids is 2. The second-order valence-corrected chi connectivity index (χ2v) is 3.79. The molecule has 0 aliphatic carbocycles. The van der Waals surface area contributed by atoms with E-state index in [4.69, 9.17) is 11.6 Å². The summed E-state index contributed by atoms with van der Waals surface area (Å²) in [7, 11) is 0. The molecule has 5 heteroatoms. The van der Waals surface area contributed by atoms with Crippen LogP contribution in [0.2, 0.25) is 0 Å². The van der Waals surface area contributed by atoms with E-state index >= 15 is 0 Å². The standard InChI is InChI=1S/C10H9ClN2O2/c11-10(15)7-4-9(14)13(6-7)8-2-1-3-12-5-8/h1-3,5,7H,4,6H2. The average Bonchev–Trinajstić information content (AvgIpc) is 2.62. The fraction of sp³-hybridized carbons (Fsp3) is 0.300. The summed E-state index contributed by atoms with van der Waals surface area (Å²) < 4.78 is 0. The highest BCUT2D eigenvalue weighted by Gasteiger charge is 2.34. The molecule has 1 amide bonds. The lowest BCUT2D eigenvalue weighted by molar-refractivity contribution is -0.120. The molecule has 0 radical (unpaired) electrons. The lowest BCUT2D eigenvalue weighted by atomic mass is 10.1. The number of anilines is 1. The molecule has 15 heavy (non-hydrogen) atoms. The summed E-state index contributed by atoms with van der Waals surface area (Å²) >= 11 is 5.37. The van der Waals surface area contributed by atoms with Gasteiger partial charge in [0.2, 0.25) is 11.1 Å². The number of rotatable bonds is 2. The van der Waals surface area contributed by atoms with E-state index in [1.165, 1.54) is 4.90 Å². The van der Waals surface area contributed by atoms with Crippen LogP contribution in [0.4, 0.5) is 5.69 Å². The van der Waals surface area contributed by atoms with Crippen molar-refractivity contribution < 1.29 is 9.59 Å². The van der Waals surface area contributed by atoms with Gasteiger partial charge in [-0.2, -0.15) is 0 Å². The predicted molar refractivity (Wildman–Crippen MR) is 55.6 cm³/mol. The molecule has 1 saturated heterocycles. The van der Waals surface area contributed by atoms with Crippen LogP contribution in [0.1, 0.15) is 6.42 Å². The summed E-state index contributed by atoms with van der Waals surface area (Å²) in [5.74, 6) is -0.471. The van der Waals surface area contributed by atoms with Crippen molar-refractivity contribution in [2.45, 2.75) is 6.42 Å². The van der Waals surface area contributed by atoms with Crippen molar-refractivity contribution in [2.75, 3.05) is 11.4 Å². The summed E-state index contributed by atoms with van der Waals surface area (Å²) in [6.45, 7) is 0.354. The smallest absolute Gasteiger partial charge is 0.227 e. The van der Waals surface area contributed by atoms with E-state index in [-0.39, 0.29) is 18.2 Å². The quantitative estimate of drug-likeness (QED) is 0.710. The number of pyridine rings is 1. The molecular weight excluding hydrogens is 216 g/mol. The first-order valence-corrected chi connectivity index (χ1v) is 4.96. The Morgan fingerprint density at radius 1 is 1.60 bits per heavy atom. The molecule has 0 spiro atoms. The molecule has 1 unspecified atom stereocenters. The number of amides is 1. The lowest BCUT2D eigenvalue weighted by Gasteiger charge is -2.14. The molecule has 1 aliphatic rings. The zero-order valence-electron chi connectivity index (χ0n) is 7.89. The Labute approximate surface area is 91.9 Å². The van der Waals surface area contributed by atoms with Gasteiger partial charge in [0.15, 0.2) is 0 Å². The van der Waals surface area contributed by atoms with Crippen molar-refractivity contribution in [2.24, 2.45) is 5.92 Å². The van der Waals surface area contributed by atoms with E-state index in [0.29, 0.717) is 12.2 Å². The van der Waals surface area contributed by atoms with E-state index in [9.17, 15) is 9.59 Å². The average molecular weight is 225 g/mol. The number of hydrogen-bond donors (Lipinski definition) is 0. The summed E-state index contributed by atoms with van der Waals surface area (Å²) in [5.41, 5.74) is 0.711. The zero-order chi connectivity index (χ0) is 10.8. The van der Waals surface area contributed by atoms with Gasteiger partial charge in [0.05, 0.1) is 17.8 Å². The molecule has 4 nitrogen and oxygen atoms in total. The minimum Gasteiger partial charge on any atom is -0.310 e. The minimum absolute atomic E-state index is 0.0815. The van der Waals surface area contributed by atoms with Crippen molar-refractivity contribution in [1.29, 1.82) is 0 Å². The first-order chi connectivity index (χ1) is 7.18. The van der Waals surface area contributed by atoms with Crippen molar-refractivity contribution in [3.8, 4) is 0 Å². The van der Waals surface area contributed by atoms with Crippen LogP contribution in [0.3, 0.4) is 0 Å². The maximum Gasteiger partial charge on any atom is 0.227 e. The lowest BCUT2D eigenvalue weighted by Crippen LogP contribution is -2.25. The van der Waals surface area contributed by atoms with Crippen LogP contribution in [0, 0.1) is 5.92 Å². The topological polar surface area (TPSA) is 50.3 Å². The maximum atomic E-state index is 11.6. The number of aromatic nitrogens is 1. The highest BCUT2D eigenvalue weighted by atomic mass is 35.5. The van der Waals surface area contributed by atoms with Gasteiger partial charge in [0, 0.05) is 19.2 Å². The number of hydrogen-bond acceptors (Lipinski definition) is 3. The van der Waals surface area contributed by atoms with Crippen LogP contribution in [0.5, 0.6) is 0 Å². The van der Waals surface area contributed by atoms with Crippen molar-refractivity contribution >= 4 is 28.4 Å². The van der Waals surface area contributed by atoms with Gasteiger partial charge in [-0.3, -0.25) is 14.6 Å². The first-order valence-electron chi connectivity index (χ1n) is 4.58. The van der Waals surface area contributed by atoms with Gasteiger partial charge >= 0.3 is 0 Å². The molecule has 78 valence electrons. The van der Waals surface area contributed by atoms with E-state index in [0.717, 1.165) is 0 Å². The number of halogens is 1. The molecule has 1 aliphatic heterocycles. The van der Waals surface area contributed by atoms with Crippen molar-refractivity contribution in [1.82, 2.24) is 4.98 Å². The number of carbonyl (C=O) groups is 2. The van der Waals surface area contributed by atoms with Crippen LogP contribution in [-0.4, -0.2) is 22.7 Å². The molecule has 1 aromatic heterocycles. The Hall–Kier alpha value is -1.42. The summed E-state index contributed by atoms with van der Waals surface area (Å²) in [5, 5.41) is -0.449.